The third kappa shape index (κ3) is 3.64. The number of hydrogen-bond donors (Lipinski definition) is 3. The summed E-state index contributed by atoms with van der Waals surface area (Å²) in [6.45, 7) is 14.0. The Morgan fingerprint density at radius 1 is 0.935 bits per heavy atom. The van der Waals surface area contributed by atoms with Gasteiger partial charge in [0.25, 0.3) is 0 Å². The van der Waals surface area contributed by atoms with Gasteiger partial charge in [-0.1, -0.05) is 48.0 Å². The first kappa shape index (κ1) is 24.0. The molecule has 3 N–H and O–H groups in total. The highest BCUT2D eigenvalue weighted by Gasteiger charge is 2.68. The maximum absolute atomic E-state index is 11.7. The van der Waals surface area contributed by atoms with Crippen LogP contribution < -0.4 is 0 Å². The molecule has 0 amide bonds. The van der Waals surface area contributed by atoms with Gasteiger partial charge in [0.15, 0.2) is 0 Å². The molecule has 31 heavy (non-hydrogen) atoms. The fourth-order valence-electron chi connectivity index (χ4n) is 9.63. The summed E-state index contributed by atoms with van der Waals surface area (Å²) in [5.41, 5.74) is -0.410. The fraction of sp³-hybridized carbons (Fsp3) is 1.00. The molecule has 0 aromatic rings. The second-order valence-corrected chi connectivity index (χ2v) is 13.2. The third-order valence-electron chi connectivity index (χ3n) is 11.8. The van der Waals surface area contributed by atoms with E-state index in [1.807, 2.05) is 0 Å². The predicted octanol–water partition coefficient (Wildman–Crippen LogP) is 5.80. The van der Waals surface area contributed by atoms with Gasteiger partial charge in [0.05, 0.1) is 17.8 Å². The van der Waals surface area contributed by atoms with Gasteiger partial charge in [-0.3, -0.25) is 0 Å². The van der Waals surface area contributed by atoms with Crippen LogP contribution in [0.2, 0.25) is 0 Å². The van der Waals surface area contributed by atoms with Crippen molar-refractivity contribution in [2.45, 2.75) is 124 Å². The van der Waals surface area contributed by atoms with Crippen molar-refractivity contribution in [1.29, 1.82) is 0 Å². The molecule has 180 valence electrons. The lowest BCUT2D eigenvalue weighted by molar-refractivity contribution is -0.134. The van der Waals surface area contributed by atoms with E-state index in [4.69, 9.17) is 0 Å². The number of rotatable bonds is 6. The summed E-state index contributed by atoms with van der Waals surface area (Å²) in [6, 6.07) is 0. The molecule has 4 saturated carbocycles. The minimum absolute atomic E-state index is 0.0208. The molecule has 0 aromatic heterocycles. The van der Waals surface area contributed by atoms with Crippen molar-refractivity contribution in [3.8, 4) is 0 Å². The first-order valence-corrected chi connectivity index (χ1v) is 13.6. The second-order valence-electron chi connectivity index (χ2n) is 13.2. The van der Waals surface area contributed by atoms with Gasteiger partial charge in [0, 0.05) is 6.42 Å². The molecule has 0 aromatic carbocycles. The van der Waals surface area contributed by atoms with E-state index in [9.17, 15) is 15.3 Å². The Bertz CT molecular complexity index is 648. The van der Waals surface area contributed by atoms with Crippen LogP contribution in [0.15, 0.2) is 0 Å². The molecule has 4 rings (SSSR count). The van der Waals surface area contributed by atoms with Crippen LogP contribution in [-0.4, -0.2) is 33.1 Å². The molecule has 0 spiro atoms. The zero-order valence-corrected chi connectivity index (χ0v) is 21.1. The van der Waals surface area contributed by atoms with E-state index in [0.29, 0.717) is 53.3 Å². The van der Waals surface area contributed by atoms with Crippen LogP contribution in [0.3, 0.4) is 0 Å². The minimum Gasteiger partial charge on any atom is -0.393 e. The van der Waals surface area contributed by atoms with Gasteiger partial charge in [-0.05, 0) is 104 Å². The maximum atomic E-state index is 11.7. The fourth-order valence-corrected chi connectivity index (χ4v) is 9.63. The first-order chi connectivity index (χ1) is 14.5. The molecule has 0 bridgehead atoms. The van der Waals surface area contributed by atoms with Crippen molar-refractivity contribution in [1.82, 2.24) is 0 Å². The van der Waals surface area contributed by atoms with Crippen molar-refractivity contribution in [2.75, 3.05) is 0 Å². The summed E-state index contributed by atoms with van der Waals surface area (Å²) in [4.78, 5) is 0. The summed E-state index contributed by atoms with van der Waals surface area (Å²) >= 11 is 0. The van der Waals surface area contributed by atoms with Crippen molar-refractivity contribution < 1.29 is 15.3 Å². The average molecular weight is 435 g/mol. The van der Waals surface area contributed by atoms with Crippen LogP contribution >= 0.6 is 0 Å². The predicted molar refractivity (Wildman–Crippen MR) is 126 cm³/mol. The summed E-state index contributed by atoms with van der Waals surface area (Å²) in [5, 5.41) is 33.3. The van der Waals surface area contributed by atoms with Gasteiger partial charge >= 0.3 is 0 Å². The SMILES string of the molecule is CC[C@H](C[C@@H](O)[C@@H](C)[C@H]1CC[C@H]2[C@@H]3C[C@]4(O)C[C@@H](O)CC[C@]4(C)[C@H]3CC[C@]12C)C(C)C. The van der Waals surface area contributed by atoms with E-state index >= 15 is 0 Å². The van der Waals surface area contributed by atoms with Gasteiger partial charge < -0.3 is 15.3 Å². The molecule has 0 heterocycles. The van der Waals surface area contributed by atoms with E-state index in [1.165, 1.54) is 25.7 Å². The Morgan fingerprint density at radius 3 is 2.29 bits per heavy atom. The molecule has 4 aliphatic carbocycles. The van der Waals surface area contributed by atoms with Crippen LogP contribution in [0.25, 0.3) is 0 Å². The van der Waals surface area contributed by atoms with Crippen LogP contribution in [-0.2, 0) is 0 Å². The van der Waals surface area contributed by atoms with Crippen LogP contribution in [0.4, 0.5) is 0 Å². The Kier molecular flexibility index (Phi) is 6.41. The highest BCUT2D eigenvalue weighted by atomic mass is 16.3. The zero-order chi connectivity index (χ0) is 22.8. The van der Waals surface area contributed by atoms with E-state index < -0.39 is 5.60 Å². The minimum atomic E-state index is -0.680. The topological polar surface area (TPSA) is 60.7 Å². The Hall–Kier alpha value is -0.120. The zero-order valence-electron chi connectivity index (χ0n) is 21.1. The Labute approximate surface area is 191 Å². The van der Waals surface area contributed by atoms with Crippen LogP contribution in [0.1, 0.15) is 106 Å². The summed E-state index contributed by atoms with van der Waals surface area (Å²) in [6.07, 6.45) is 9.81. The molecule has 4 fully saturated rings. The normalized spacial score (nSPS) is 49.9. The first-order valence-electron chi connectivity index (χ1n) is 13.6. The molecule has 0 radical (unpaired) electrons. The second kappa shape index (κ2) is 8.27. The van der Waals surface area contributed by atoms with Crippen LogP contribution in [0, 0.1) is 52.3 Å². The highest BCUT2D eigenvalue weighted by molar-refractivity contribution is 5.17. The van der Waals surface area contributed by atoms with E-state index in [0.717, 1.165) is 32.1 Å². The maximum Gasteiger partial charge on any atom is 0.0731 e. The van der Waals surface area contributed by atoms with E-state index in [-0.39, 0.29) is 17.6 Å². The van der Waals surface area contributed by atoms with E-state index in [1.54, 1.807) is 0 Å². The smallest absolute Gasteiger partial charge is 0.0731 e. The van der Waals surface area contributed by atoms with Gasteiger partial charge in [0.1, 0.15) is 0 Å². The van der Waals surface area contributed by atoms with Gasteiger partial charge in [-0.2, -0.15) is 0 Å². The molecule has 3 nitrogen and oxygen atoms in total. The highest BCUT2D eigenvalue weighted by Crippen LogP contribution is 2.71. The van der Waals surface area contributed by atoms with Crippen molar-refractivity contribution in [2.24, 2.45) is 52.3 Å². The van der Waals surface area contributed by atoms with Crippen molar-refractivity contribution >= 4 is 0 Å². The summed E-state index contributed by atoms with van der Waals surface area (Å²) in [7, 11) is 0. The number of aliphatic hydroxyl groups excluding tert-OH is 2. The summed E-state index contributed by atoms with van der Waals surface area (Å²) < 4.78 is 0. The van der Waals surface area contributed by atoms with E-state index in [2.05, 4.69) is 41.5 Å². The quantitative estimate of drug-likeness (QED) is 0.495. The Morgan fingerprint density at radius 2 is 1.65 bits per heavy atom. The monoisotopic (exact) mass is 434 g/mol. The molecular weight excluding hydrogens is 384 g/mol. The van der Waals surface area contributed by atoms with Crippen molar-refractivity contribution in [3.63, 3.8) is 0 Å². The molecule has 0 unspecified atom stereocenters. The molecular formula is C28H50O3. The molecule has 0 saturated heterocycles. The van der Waals surface area contributed by atoms with Crippen LogP contribution in [0.5, 0.6) is 0 Å². The van der Waals surface area contributed by atoms with Crippen molar-refractivity contribution in [3.05, 3.63) is 0 Å². The third-order valence-corrected chi connectivity index (χ3v) is 11.8. The van der Waals surface area contributed by atoms with Gasteiger partial charge in [-0.25, -0.2) is 0 Å². The number of fused-ring (bicyclic) bond motifs is 5. The average Bonchev–Trinajstić information content (AvgIpc) is 3.16. The molecule has 4 aliphatic rings. The van der Waals surface area contributed by atoms with Gasteiger partial charge in [-0.15, -0.1) is 0 Å². The lowest BCUT2D eigenvalue weighted by Gasteiger charge is -2.53. The lowest BCUT2D eigenvalue weighted by Crippen LogP contribution is -2.51. The number of aliphatic hydroxyl groups is 3. The Balaban J connectivity index is 1.52. The summed E-state index contributed by atoms with van der Waals surface area (Å²) in [5.74, 6) is 4.04. The van der Waals surface area contributed by atoms with Gasteiger partial charge in [0.2, 0.25) is 0 Å². The molecule has 11 atom stereocenters. The number of hydrogen-bond acceptors (Lipinski definition) is 3. The molecule has 0 aliphatic heterocycles. The lowest BCUT2D eigenvalue weighted by atomic mass is 9.53. The molecule has 3 heteroatoms. The largest absolute Gasteiger partial charge is 0.393 e. The standard InChI is InChI=1S/C28H50O3/c1-7-19(17(2)3)14-25(30)18(4)22-8-9-23-21-16-28(31)15-20(29)10-13-27(28,6)24(21)11-12-26(22,23)5/h17-25,29-31H,7-16H2,1-6H3/t18-,19+,20-,21-,22+,23-,24-,25+,26+,27+,28+/m0/s1.